The van der Waals surface area contributed by atoms with Gasteiger partial charge in [-0.15, -0.1) is 0 Å². The lowest BCUT2D eigenvalue weighted by Gasteiger charge is -2.35. The normalized spacial score (nSPS) is 19.3. The summed E-state index contributed by atoms with van der Waals surface area (Å²) in [6.07, 6.45) is 4.71. The number of benzene rings is 1. The van der Waals surface area contributed by atoms with Crippen LogP contribution in [0.4, 0.5) is 0 Å². The highest BCUT2D eigenvalue weighted by Crippen LogP contribution is 2.28. The van der Waals surface area contributed by atoms with E-state index >= 15 is 0 Å². The first-order valence-electron chi connectivity index (χ1n) is 8.67. The van der Waals surface area contributed by atoms with Gasteiger partial charge >= 0.3 is 5.97 Å². The number of carbonyl (C=O) groups is 2. The fraction of sp³-hybridized carbons (Fsp3) is 0.579. The van der Waals surface area contributed by atoms with Crippen molar-refractivity contribution in [3.8, 4) is 0 Å². The van der Waals surface area contributed by atoms with E-state index in [2.05, 4.69) is 6.92 Å². The van der Waals surface area contributed by atoms with Gasteiger partial charge in [0.25, 0.3) is 0 Å². The molecule has 0 aliphatic carbocycles. The number of carbonyl (C=O) groups excluding carboxylic acids is 1. The van der Waals surface area contributed by atoms with Gasteiger partial charge in [0.1, 0.15) is 0 Å². The van der Waals surface area contributed by atoms with E-state index in [4.69, 9.17) is 5.11 Å². The molecule has 0 spiro atoms. The Bertz CT molecular complexity index is 515. The molecule has 1 aliphatic heterocycles. The lowest BCUT2D eigenvalue weighted by atomic mass is 9.89. The van der Waals surface area contributed by atoms with Crippen LogP contribution in [0.1, 0.15) is 56.9 Å². The number of piperidine rings is 1. The quantitative estimate of drug-likeness (QED) is 0.834. The Morgan fingerprint density at radius 2 is 2.04 bits per heavy atom. The first-order valence-corrected chi connectivity index (χ1v) is 8.67. The van der Waals surface area contributed by atoms with Crippen LogP contribution in [-0.4, -0.2) is 35.0 Å². The monoisotopic (exact) mass is 317 g/mol. The molecule has 4 heteroatoms. The molecule has 0 bridgehead atoms. The van der Waals surface area contributed by atoms with E-state index in [9.17, 15) is 9.59 Å². The molecule has 126 valence electrons. The maximum absolute atomic E-state index is 13.0. The number of hydrogen-bond acceptors (Lipinski definition) is 2. The Balaban J connectivity index is 2.02. The number of nitrogens with zero attached hydrogens (tertiary/aromatic N) is 1. The molecule has 1 aliphatic rings. The summed E-state index contributed by atoms with van der Waals surface area (Å²) in [7, 11) is 0. The summed E-state index contributed by atoms with van der Waals surface area (Å²) in [6, 6.07) is 10.0. The van der Waals surface area contributed by atoms with Crippen molar-refractivity contribution in [3.05, 3.63) is 35.9 Å². The first kappa shape index (κ1) is 17.5. The molecule has 1 amide bonds. The van der Waals surface area contributed by atoms with Gasteiger partial charge in [-0.2, -0.15) is 0 Å². The highest BCUT2D eigenvalue weighted by molar-refractivity contribution is 5.83. The molecular formula is C19H27NO3. The Labute approximate surface area is 138 Å². The van der Waals surface area contributed by atoms with Crippen molar-refractivity contribution in [1.82, 2.24) is 4.90 Å². The van der Waals surface area contributed by atoms with Crippen molar-refractivity contribution in [2.75, 3.05) is 13.1 Å². The van der Waals surface area contributed by atoms with Crippen LogP contribution in [0.25, 0.3) is 0 Å². The van der Waals surface area contributed by atoms with E-state index in [-0.39, 0.29) is 18.2 Å². The predicted octanol–water partition coefficient (Wildman–Crippen LogP) is 3.67. The minimum atomic E-state index is -0.749. The second kappa shape index (κ2) is 8.70. The highest BCUT2D eigenvalue weighted by Gasteiger charge is 2.29. The molecule has 2 unspecified atom stereocenters. The number of amides is 1. The van der Waals surface area contributed by atoms with Crippen molar-refractivity contribution in [3.63, 3.8) is 0 Å². The minimum Gasteiger partial charge on any atom is -0.481 e. The van der Waals surface area contributed by atoms with Gasteiger partial charge in [0.2, 0.25) is 5.91 Å². The van der Waals surface area contributed by atoms with Gasteiger partial charge in [0.15, 0.2) is 0 Å². The Kier molecular flexibility index (Phi) is 6.63. The lowest BCUT2D eigenvalue weighted by Crippen LogP contribution is -2.42. The van der Waals surface area contributed by atoms with E-state index < -0.39 is 5.97 Å². The first-order chi connectivity index (χ1) is 11.1. The van der Waals surface area contributed by atoms with E-state index in [1.54, 1.807) is 0 Å². The number of carboxylic acids is 1. The zero-order valence-electron chi connectivity index (χ0n) is 13.9. The summed E-state index contributed by atoms with van der Waals surface area (Å²) < 4.78 is 0. The fourth-order valence-electron chi connectivity index (χ4n) is 3.46. The fourth-order valence-corrected chi connectivity index (χ4v) is 3.46. The van der Waals surface area contributed by atoms with Crippen LogP contribution in [0.5, 0.6) is 0 Å². The van der Waals surface area contributed by atoms with Gasteiger partial charge in [0, 0.05) is 19.5 Å². The van der Waals surface area contributed by atoms with E-state index in [1.807, 2.05) is 35.2 Å². The van der Waals surface area contributed by atoms with E-state index in [0.29, 0.717) is 18.9 Å². The lowest BCUT2D eigenvalue weighted by molar-refractivity contribution is -0.137. The zero-order valence-corrected chi connectivity index (χ0v) is 13.9. The summed E-state index contributed by atoms with van der Waals surface area (Å²) >= 11 is 0. The summed E-state index contributed by atoms with van der Waals surface area (Å²) in [5, 5.41) is 8.85. The SMILES string of the molecule is CCCC(C(=O)N1CCCC(CCC(=O)O)C1)c1ccccc1. The smallest absolute Gasteiger partial charge is 0.303 e. The standard InChI is InChI=1S/C19H27NO3/c1-2-7-17(16-9-4-3-5-10-16)19(23)20-13-6-8-15(14-20)11-12-18(21)22/h3-5,9-10,15,17H,2,6-8,11-14H2,1H3,(H,21,22). The number of hydrogen-bond donors (Lipinski definition) is 1. The van der Waals surface area contributed by atoms with Gasteiger partial charge in [-0.3, -0.25) is 9.59 Å². The molecule has 4 nitrogen and oxygen atoms in total. The molecule has 23 heavy (non-hydrogen) atoms. The average Bonchev–Trinajstić information content (AvgIpc) is 2.58. The molecule has 0 saturated carbocycles. The zero-order chi connectivity index (χ0) is 16.7. The van der Waals surface area contributed by atoms with Crippen LogP contribution < -0.4 is 0 Å². The van der Waals surface area contributed by atoms with Crippen LogP contribution in [0.3, 0.4) is 0 Å². The maximum Gasteiger partial charge on any atom is 0.303 e. The van der Waals surface area contributed by atoms with Crippen molar-refractivity contribution >= 4 is 11.9 Å². The molecule has 0 aromatic heterocycles. The van der Waals surface area contributed by atoms with Gasteiger partial charge in [-0.1, -0.05) is 43.7 Å². The van der Waals surface area contributed by atoms with Crippen molar-refractivity contribution in [2.24, 2.45) is 5.92 Å². The minimum absolute atomic E-state index is 0.0700. The second-order valence-corrected chi connectivity index (χ2v) is 6.48. The molecule has 1 aromatic rings. The van der Waals surface area contributed by atoms with Crippen molar-refractivity contribution < 1.29 is 14.7 Å². The highest BCUT2D eigenvalue weighted by atomic mass is 16.4. The Morgan fingerprint density at radius 1 is 1.30 bits per heavy atom. The molecule has 0 radical (unpaired) electrons. The van der Waals surface area contributed by atoms with Crippen LogP contribution in [0.2, 0.25) is 0 Å². The third kappa shape index (κ3) is 5.08. The molecule has 1 aromatic carbocycles. The molecule has 2 atom stereocenters. The van der Waals surface area contributed by atoms with Gasteiger partial charge < -0.3 is 10.0 Å². The van der Waals surface area contributed by atoms with E-state index in [0.717, 1.165) is 37.8 Å². The van der Waals surface area contributed by atoms with Crippen LogP contribution in [0, 0.1) is 5.92 Å². The molecule has 1 N–H and O–H groups in total. The van der Waals surface area contributed by atoms with Gasteiger partial charge in [-0.25, -0.2) is 0 Å². The predicted molar refractivity (Wildman–Crippen MR) is 90.3 cm³/mol. The molecule has 2 rings (SSSR count). The molecule has 1 heterocycles. The van der Waals surface area contributed by atoms with Crippen LogP contribution in [0.15, 0.2) is 30.3 Å². The number of carboxylic acid groups (broad SMARTS) is 1. The number of likely N-dealkylation sites (tertiary alicyclic amines) is 1. The molecular weight excluding hydrogens is 290 g/mol. The van der Waals surface area contributed by atoms with Crippen molar-refractivity contribution in [1.29, 1.82) is 0 Å². The molecule has 1 saturated heterocycles. The van der Waals surface area contributed by atoms with Crippen molar-refractivity contribution in [2.45, 2.75) is 51.4 Å². The van der Waals surface area contributed by atoms with Crippen LogP contribution in [-0.2, 0) is 9.59 Å². The van der Waals surface area contributed by atoms with Gasteiger partial charge in [0.05, 0.1) is 5.92 Å². The third-order valence-corrected chi connectivity index (χ3v) is 4.67. The summed E-state index contributed by atoms with van der Waals surface area (Å²) in [6.45, 7) is 3.61. The second-order valence-electron chi connectivity index (χ2n) is 6.48. The molecule has 1 fully saturated rings. The Hall–Kier alpha value is -1.84. The number of aliphatic carboxylic acids is 1. The maximum atomic E-state index is 13.0. The van der Waals surface area contributed by atoms with Crippen LogP contribution >= 0.6 is 0 Å². The topological polar surface area (TPSA) is 57.6 Å². The third-order valence-electron chi connectivity index (χ3n) is 4.67. The Morgan fingerprint density at radius 3 is 2.70 bits per heavy atom. The summed E-state index contributed by atoms with van der Waals surface area (Å²) in [4.78, 5) is 25.7. The summed E-state index contributed by atoms with van der Waals surface area (Å²) in [5.41, 5.74) is 1.09. The summed E-state index contributed by atoms with van der Waals surface area (Å²) in [5.74, 6) is -0.291. The van der Waals surface area contributed by atoms with E-state index in [1.165, 1.54) is 0 Å². The van der Waals surface area contributed by atoms with Gasteiger partial charge in [-0.05, 0) is 37.2 Å². The average molecular weight is 317 g/mol. The number of rotatable bonds is 7. The largest absolute Gasteiger partial charge is 0.481 e.